The van der Waals surface area contributed by atoms with E-state index in [1.807, 2.05) is 13.8 Å². The molecule has 0 heterocycles. The van der Waals surface area contributed by atoms with Gasteiger partial charge in [0.2, 0.25) is 0 Å². The predicted octanol–water partition coefficient (Wildman–Crippen LogP) is 2.89. The van der Waals surface area contributed by atoms with Crippen molar-refractivity contribution in [1.29, 1.82) is 0 Å². The van der Waals surface area contributed by atoms with Crippen molar-refractivity contribution in [3.63, 3.8) is 0 Å². The maximum atomic E-state index is 12.0. The van der Waals surface area contributed by atoms with Gasteiger partial charge >= 0.3 is 5.97 Å². The first-order chi connectivity index (χ1) is 7.58. The van der Waals surface area contributed by atoms with Gasteiger partial charge in [0.15, 0.2) is 5.78 Å². The molecule has 0 aromatic carbocycles. The van der Waals surface area contributed by atoms with E-state index < -0.39 is 11.4 Å². The molecule has 0 fully saturated rings. The summed E-state index contributed by atoms with van der Waals surface area (Å²) in [6.45, 7) is 9.52. The molecule has 0 N–H and O–H groups in total. The van der Waals surface area contributed by atoms with E-state index in [2.05, 4.69) is 6.58 Å². The lowest BCUT2D eigenvalue weighted by Gasteiger charge is -2.26. The van der Waals surface area contributed by atoms with E-state index in [0.717, 1.165) is 12.8 Å². The highest BCUT2D eigenvalue weighted by molar-refractivity contribution is 6.05. The summed E-state index contributed by atoms with van der Waals surface area (Å²) in [5.74, 6) is -0.532. The highest BCUT2D eigenvalue weighted by Gasteiger charge is 2.42. The van der Waals surface area contributed by atoms with Crippen molar-refractivity contribution in [2.45, 2.75) is 46.5 Å². The van der Waals surface area contributed by atoms with Gasteiger partial charge in [-0.05, 0) is 19.8 Å². The molecule has 0 aromatic rings. The molecule has 16 heavy (non-hydrogen) atoms. The summed E-state index contributed by atoms with van der Waals surface area (Å²) in [7, 11) is 0. The smallest absolute Gasteiger partial charge is 0.323 e. The number of Topliss-reactive ketones (excluding diaryl/α,β-unsaturated/α-hetero) is 1. The molecule has 92 valence electrons. The molecule has 0 aromatic heterocycles. The zero-order valence-corrected chi connectivity index (χ0v) is 10.5. The minimum absolute atomic E-state index is 0.0784. The quantitative estimate of drug-likeness (QED) is 0.363. The Kier molecular flexibility index (Phi) is 6.70. The maximum absolute atomic E-state index is 12.0. The van der Waals surface area contributed by atoms with Crippen LogP contribution in [0.2, 0.25) is 0 Å². The predicted molar refractivity (Wildman–Crippen MR) is 64.1 cm³/mol. The van der Waals surface area contributed by atoms with Crippen LogP contribution in [0, 0.1) is 5.41 Å². The molecule has 3 nitrogen and oxygen atoms in total. The van der Waals surface area contributed by atoms with Crippen LogP contribution in [0.4, 0.5) is 0 Å². The molecule has 0 rings (SSSR count). The summed E-state index contributed by atoms with van der Waals surface area (Å²) in [4.78, 5) is 23.9. The summed E-state index contributed by atoms with van der Waals surface area (Å²) < 4.78 is 4.99. The molecular formula is C13H22O3. The molecule has 0 aliphatic carbocycles. The fourth-order valence-corrected chi connectivity index (χ4v) is 1.76. The van der Waals surface area contributed by atoms with E-state index in [4.69, 9.17) is 4.74 Å². The number of hydrogen-bond donors (Lipinski definition) is 0. The van der Waals surface area contributed by atoms with E-state index in [9.17, 15) is 9.59 Å². The average Bonchev–Trinajstić information content (AvgIpc) is 2.26. The first-order valence-corrected chi connectivity index (χ1v) is 5.93. The van der Waals surface area contributed by atoms with Crippen molar-refractivity contribution in [2.24, 2.45) is 5.41 Å². The normalized spacial score (nSPS) is 13.9. The Morgan fingerprint density at radius 2 is 1.88 bits per heavy atom. The van der Waals surface area contributed by atoms with E-state index in [0.29, 0.717) is 12.8 Å². The first kappa shape index (κ1) is 14.9. The summed E-state index contributed by atoms with van der Waals surface area (Å²) >= 11 is 0. The highest BCUT2D eigenvalue weighted by Crippen LogP contribution is 2.30. The van der Waals surface area contributed by atoms with Gasteiger partial charge in [0, 0.05) is 6.42 Å². The van der Waals surface area contributed by atoms with Gasteiger partial charge in [-0.25, -0.2) is 0 Å². The van der Waals surface area contributed by atoms with Crippen molar-refractivity contribution in [3.05, 3.63) is 12.7 Å². The fourth-order valence-electron chi connectivity index (χ4n) is 1.76. The summed E-state index contributed by atoms with van der Waals surface area (Å²) in [6, 6.07) is 0. The Balaban J connectivity index is 5.04. The van der Waals surface area contributed by atoms with Gasteiger partial charge in [-0.1, -0.05) is 26.3 Å². The minimum Gasteiger partial charge on any atom is -0.465 e. The van der Waals surface area contributed by atoms with Gasteiger partial charge < -0.3 is 4.74 Å². The lowest BCUT2D eigenvalue weighted by Crippen LogP contribution is -2.38. The Hall–Kier alpha value is -1.12. The van der Waals surface area contributed by atoms with Crippen LogP contribution in [0.25, 0.3) is 0 Å². The third-order valence-electron chi connectivity index (χ3n) is 2.61. The second kappa shape index (κ2) is 7.20. The van der Waals surface area contributed by atoms with Crippen LogP contribution in [-0.4, -0.2) is 18.4 Å². The molecule has 0 bridgehead atoms. The number of carbonyl (C=O) groups excluding carboxylic acids is 2. The molecule has 1 atom stereocenters. The minimum atomic E-state index is -1.12. The molecule has 3 heteroatoms. The zero-order valence-electron chi connectivity index (χ0n) is 10.5. The Bertz CT molecular complexity index is 238. The monoisotopic (exact) mass is 226 g/mol. The second-order valence-corrected chi connectivity index (χ2v) is 3.82. The van der Waals surface area contributed by atoms with Crippen molar-refractivity contribution < 1.29 is 14.3 Å². The van der Waals surface area contributed by atoms with Gasteiger partial charge in [-0.3, -0.25) is 9.59 Å². The molecule has 0 saturated heterocycles. The summed E-state index contributed by atoms with van der Waals surface area (Å²) in [6.07, 6.45) is 3.81. The molecule has 0 amide bonds. The van der Waals surface area contributed by atoms with Crippen molar-refractivity contribution in [3.8, 4) is 0 Å². The van der Waals surface area contributed by atoms with Gasteiger partial charge in [-0.2, -0.15) is 0 Å². The number of ketones is 1. The van der Waals surface area contributed by atoms with E-state index in [1.54, 1.807) is 6.92 Å². The number of rotatable bonds is 8. The topological polar surface area (TPSA) is 43.4 Å². The first-order valence-electron chi connectivity index (χ1n) is 5.93. The van der Waals surface area contributed by atoms with Gasteiger partial charge in [0.25, 0.3) is 0 Å². The van der Waals surface area contributed by atoms with Crippen LogP contribution in [0.1, 0.15) is 46.5 Å². The molecule has 0 aliphatic rings. The van der Waals surface area contributed by atoms with E-state index >= 15 is 0 Å². The van der Waals surface area contributed by atoms with Gasteiger partial charge in [-0.15, -0.1) is 6.58 Å². The van der Waals surface area contributed by atoms with Crippen LogP contribution in [0.15, 0.2) is 12.7 Å². The summed E-state index contributed by atoms with van der Waals surface area (Å²) in [5, 5.41) is 0. The van der Waals surface area contributed by atoms with Crippen LogP contribution < -0.4 is 0 Å². The van der Waals surface area contributed by atoms with Gasteiger partial charge in [0.05, 0.1) is 6.61 Å². The van der Waals surface area contributed by atoms with E-state index in [-0.39, 0.29) is 12.4 Å². The van der Waals surface area contributed by atoms with Crippen LogP contribution in [-0.2, 0) is 14.3 Å². The SMILES string of the molecule is C=CC(CCC)(C(=O)CCC)C(=O)OCC. The number of esters is 1. The maximum Gasteiger partial charge on any atom is 0.323 e. The molecule has 0 saturated carbocycles. The third-order valence-corrected chi connectivity index (χ3v) is 2.61. The molecule has 0 aliphatic heterocycles. The molecular weight excluding hydrogens is 204 g/mol. The molecule has 1 unspecified atom stereocenters. The van der Waals surface area contributed by atoms with Crippen molar-refractivity contribution in [1.82, 2.24) is 0 Å². The van der Waals surface area contributed by atoms with Gasteiger partial charge in [0.1, 0.15) is 5.41 Å². The largest absolute Gasteiger partial charge is 0.465 e. The third kappa shape index (κ3) is 3.19. The van der Waals surface area contributed by atoms with Crippen LogP contribution >= 0.6 is 0 Å². The second-order valence-electron chi connectivity index (χ2n) is 3.82. The van der Waals surface area contributed by atoms with Crippen LogP contribution in [0.3, 0.4) is 0 Å². The molecule has 0 radical (unpaired) electrons. The van der Waals surface area contributed by atoms with Crippen molar-refractivity contribution in [2.75, 3.05) is 6.61 Å². The van der Waals surface area contributed by atoms with E-state index in [1.165, 1.54) is 6.08 Å². The standard InChI is InChI=1S/C13H22O3/c1-5-9-11(14)13(7-3,10-6-2)12(15)16-8-4/h7H,3,5-6,8-10H2,1-2,4H3. The Morgan fingerprint density at radius 1 is 1.25 bits per heavy atom. The highest BCUT2D eigenvalue weighted by atomic mass is 16.5. The Morgan fingerprint density at radius 3 is 2.25 bits per heavy atom. The average molecular weight is 226 g/mol. The molecule has 0 spiro atoms. The zero-order chi connectivity index (χ0) is 12.6. The lowest BCUT2D eigenvalue weighted by atomic mass is 9.77. The number of carbonyl (C=O) groups is 2. The van der Waals surface area contributed by atoms with Crippen molar-refractivity contribution >= 4 is 11.8 Å². The number of hydrogen-bond acceptors (Lipinski definition) is 3. The fraction of sp³-hybridized carbons (Fsp3) is 0.692. The van der Waals surface area contributed by atoms with Crippen LogP contribution in [0.5, 0.6) is 0 Å². The number of ether oxygens (including phenoxy) is 1. The lowest BCUT2D eigenvalue weighted by molar-refractivity contribution is -0.157. The summed E-state index contributed by atoms with van der Waals surface area (Å²) in [5.41, 5.74) is -1.12. The Labute approximate surface area is 97.9 Å².